The van der Waals surface area contributed by atoms with Crippen LogP contribution in [0.3, 0.4) is 0 Å². The second kappa shape index (κ2) is 11.1. The van der Waals surface area contributed by atoms with Crippen LogP contribution in [0.25, 0.3) is 21.8 Å². The van der Waals surface area contributed by atoms with E-state index in [1.807, 2.05) is 66.7 Å². The molecule has 0 N–H and O–H groups in total. The van der Waals surface area contributed by atoms with Crippen molar-refractivity contribution in [3.05, 3.63) is 128 Å². The number of hydrogen-bond donors (Lipinski definition) is 0. The number of halogens is 2. The fourth-order valence-corrected chi connectivity index (χ4v) is 5.39. The maximum absolute atomic E-state index is 15.1. The van der Waals surface area contributed by atoms with Crippen molar-refractivity contribution in [3.63, 3.8) is 0 Å². The van der Waals surface area contributed by atoms with Gasteiger partial charge in [0.25, 0.3) is 5.56 Å². The molecular weight excluding hydrogens is 507 g/mol. The van der Waals surface area contributed by atoms with Crippen LogP contribution in [0.5, 0.6) is 5.75 Å². The lowest BCUT2D eigenvalue weighted by molar-refractivity contribution is 0.291. The first kappa shape index (κ1) is 24.9. The molecule has 37 heavy (non-hydrogen) atoms. The molecule has 0 spiro atoms. The van der Waals surface area contributed by atoms with Crippen molar-refractivity contribution in [2.75, 3.05) is 0 Å². The molecule has 0 atom stereocenters. The summed E-state index contributed by atoms with van der Waals surface area (Å²) < 4.78 is 23.3. The summed E-state index contributed by atoms with van der Waals surface area (Å²) in [5.41, 5.74) is 3.27. The van der Waals surface area contributed by atoms with Crippen LogP contribution < -0.4 is 10.3 Å². The lowest BCUT2D eigenvalue weighted by Gasteiger charge is -2.18. The third kappa shape index (κ3) is 5.50. The van der Waals surface area contributed by atoms with Crippen LogP contribution >= 0.6 is 22.9 Å². The average molecular weight is 531 g/mol. The number of aryl methyl sites for hydroxylation is 2. The highest BCUT2D eigenvalue weighted by Crippen LogP contribution is 2.35. The van der Waals surface area contributed by atoms with Gasteiger partial charge in [0.05, 0.1) is 21.2 Å². The zero-order chi connectivity index (χ0) is 25.8. The number of rotatable bonds is 8. The van der Waals surface area contributed by atoms with Crippen molar-refractivity contribution in [1.82, 2.24) is 9.55 Å². The third-order valence-corrected chi connectivity index (χ3v) is 7.32. The van der Waals surface area contributed by atoms with Crippen LogP contribution in [-0.4, -0.2) is 9.55 Å². The molecule has 4 nitrogen and oxygen atoms in total. The van der Waals surface area contributed by atoms with Gasteiger partial charge < -0.3 is 4.74 Å². The first-order valence-electron chi connectivity index (χ1n) is 11.9. The molecular formula is C30H24ClFN2O2S. The molecule has 0 unspecified atom stereocenters. The second-order valence-corrected chi connectivity index (χ2v) is 10.3. The predicted molar refractivity (Wildman–Crippen MR) is 148 cm³/mol. The SMILES string of the molecule is Cc1nc(-c2cccc(F)c2OCc2ccccc2)n(CCc2ccccc2)c(=O)c1-c1ccc(Cl)s1. The Morgan fingerprint density at radius 1 is 0.919 bits per heavy atom. The minimum absolute atomic E-state index is 0.0676. The van der Waals surface area contributed by atoms with E-state index in [1.54, 1.807) is 29.7 Å². The van der Waals surface area contributed by atoms with Crippen molar-refractivity contribution in [2.45, 2.75) is 26.5 Å². The summed E-state index contributed by atoms with van der Waals surface area (Å²) in [4.78, 5) is 19.5. The minimum atomic E-state index is -0.510. The summed E-state index contributed by atoms with van der Waals surface area (Å²) in [6.45, 7) is 2.35. The lowest BCUT2D eigenvalue weighted by Crippen LogP contribution is -2.27. The molecule has 0 bridgehead atoms. The molecule has 0 aliphatic rings. The van der Waals surface area contributed by atoms with Gasteiger partial charge in [-0.3, -0.25) is 9.36 Å². The number of thiophene rings is 1. The normalized spacial score (nSPS) is 11.0. The Balaban J connectivity index is 1.63. The molecule has 0 aliphatic carbocycles. The maximum atomic E-state index is 15.1. The van der Waals surface area contributed by atoms with E-state index < -0.39 is 5.82 Å². The summed E-state index contributed by atoms with van der Waals surface area (Å²) in [5, 5.41) is 0. The van der Waals surface area contributed by atoms with Gasteiger partial charge in [-0.25, -0.2) is 9.37 Å². The molecule has 2 aromatic heterocycles. The largest absolute Gasteiger partial charge is 0.485 e. The lowest BCUT2D eigenvalue weighted by atomic mass is 10.1. The first-order valence-corrected chi connectivity index (χ1v) is 13.1. The standard InChI is InChI=1S/C30H24ClFN2O2S/c1-20-27(25-15-16-26(31)37-25)30(35)34(18-17-21-9-4-2-5-10-21)29(33-20)23-13-8-14-24(32)28(23)36-19-22-11-6-3-7-12-22/h2-16H,17-19H2,1H3. The van der Waals surface area contributed by atoms with Crippen molar-refractivity contribution in [2.24, 2.45) is 0 Å². The van der Waals surface area contributed by atoms with E-state index in [-0.39, 0.29) is 17.9 Å². The Kier molecular flexibility index (Phi) is 7.49. The fourth-order valence-electron chi connectivity index (χ4n) is 4.25. The smallest absolute Gasteiger partial charge is 0.262 e. The number of ether oxygens (including phenoxy) is 1. The molecule has 5 rings (SSSR count). The van der Waals surface area contributed by atoms with Crippen molar-refractivity contribution in [1.29, 1.82) is 0 Å². The minimum Gasteiger partial charge on any atom is -0.485 e. The highest BCUT2D eigenvalue weighted by Gasteiger charge is 2.22. The zero-order valence-corrected chi connectivity index (χ0v) is 21.7. The number of aromatic nitrogens is 2. The number of nitrogens with zero attached hydrogens (tertiary/aromatic N) is 2. The Hall–Kier alpha value is -3.74. The van der Waals surface area contributed by atoms with Crippen LogP contribution in [-0.2, 0) is 19.6 Å². The molecule has 7 heteroatoms. The summed E-state index contributed by atoms with van der Waals surface area (Å²) in [5.74, 6) is -0.0746. The highest BCUT2D eigenvalue weighted by molar-refractivity contribution is 7.19. The van der Waals surface area contributed by atoms with E-state index in [4.69, 9.17) is 21.3 Å². The molecule has 3 aromatic carbocycles. The highest BCUT2D eigenvalue weighted by atomic mass is 35.5. The molecule has 5 aromatic rings. The quantitative estimate of drug-likeness (QED) is 0.208. The molecule has 0 saturated carbocycles. The van der Waals surface area contributed by atoms with E-state index in [0.29, 0.717) is 39.9 Å². The molecule has 0 saturated heterocycles. The van der Waals surface area contributed by atoms with Gasteiger partial charge in [-0.2, -0.15) is 0 Å². The van der Waals surface area contributed by atoms with E-state index in [0.717, 1.165) is 16.0 Å². The van der Waals surface area contributed by atoms with Gasteiger partial charge in [0, 0.05) is 11.4 Å². The molecule has 0 amide bonds. The summed E-state index contributed by atoms with van der Waals surface area (Å²) >= 11 is 7.51. The van der Waals surface area contributed by atoms with Crippen molar-refractivity contribution in [3.8, 4) is 27.6 Å². The Morgan fingerprint density at radius 2 is 1.62 bits per heavy atom. The molecule has 2 heterocycles. The van der Waals surface area contributed by atoms with Crippen molar-refractivity contribution < 1.29 is 9.13 Å². The number of hydrogen-bond acceptors (Lipinski definition) is 4. The van der Waals surface area contributed by atoms with Crippen molar-refractivity contribution >= 4 is 22.9 Å². The van der Waals surface area contributed by atoms with Gasteiger partial charge in [0.2, 0.25) is 0 Å². The number of para-hydroxylation sites is 1. The topological polar surface area (TPSA) is 44.1 Å². The summed E-state index contributed by atoms with van der Waals surface area (Å²) in [6, 6.07) is 27.8. The Labute approximate surface area is 223 Å². The van der Waals surface area contributed by atoms with Gasteiger partial charge >= 0.3 is 0 Å². The van der Waals surface area contributed by atoms with Gasteiger partial charge in [-0.05, 0) is 48.7 Å². The Morgan fingerprint density at radius 3 is 2.30 bits per heavy atom. The molecule has 0 aliphatic heterocycles. The van der Waals surface area contributed by atoms with Crippen LogP contribution in [0.1, 0.15) is 16.8 Å². The van der Waals surface area contributed by atoms with Crippen LogP contribution in [0.15, 0.2) is 95.8 Å². The van der Waals surface area contributed by atoms with Gasteiger partial charge in [0.1, 0.15) is 12.4 Å². The van der Waals surface area contributed by atoms with Gasteiger partial charge in [0.15, 0.2) is 11.6 Å². The van der Waals surface area contributed by atoms with E-state index >= 15 is 4.39 Å². The fraction of sp³-hybridized carbons (Fsp3) is 0.133. The summed E-state index contributed by atoms with van der Waals surface area (Å²) in [6.07, 6.45) is 0.610. The first-order chi connectivity index (χ1) is 18.0. The summed E-state index contributed by atoms with van der Waals surface area (Å²) in [7, 11) is 0. The monoisotopic (exact) mass is 530 g/mol. The van der Waals surface area contributed by atoms with Gasteiger partial charge in [-0.1, -0.05) is 78.3 Å². The molecule has 186 valence electrons. The average Bonchev–Trinajstić information content (AvgIpc) is 3.33. The third-order valence-electron chi connectivity index (χ3n) is 6.07. The Bertz CT molecular complexity index is 1580. The predicted octanol–water partition coefficient (Wildman–Crippen LogP) is 7.56. The molecule has 0 fully saturated rings. The maximum Gasteiger partial charge on any atom is 0.262 e. The van der Waals surface area contributed by atoms with E-state index in [9.17, 15) is 4.79 Å². The van der Waals surface area contributed by atoms with Gasteiger partial charge in [-0.15, -0.1) is 11.3 Å². The zero-order valence-electron chi connectivity index (χ0n) is 20.2. The number of benzene rings is 3. The van der Waals surface area contributed by atoms with E-state index in [1.165, 1.54) is 17.4 Å². The van der Waals surface area contributed by atoms with Crippen LogP contribution in [0.2, 0.25) is 4.34 Å². The van der Waals surface area contributed by atoms with E-state index in [2.05, 4.69) is 0 Å². The second-order valence-electron chi connectivity index (χ2n) is 8.58. The van der Waals surface area contributed by atoms with Crippen LogP contribution in [0, 0.1) is 12.7 Å². The molecule has 0 radical (unpaired) electrons. The van der Waals surface area contributed by atoms with Crippen LogP contribution in [0.4, 0.5) is 4.39 Å².